The highest BCUT2D eigenvalue weighted by atomic mass is 79.9. The monoisotopic (exact) mass is 290 g/mol. The molecule has 3 nitrogen and oxygen atoms in total. The van der Waals surface area contributed by atoms with Gasteiger partial charge in [-0.1, -0.05) is 29.3 Å². The minimum atomic E-state index is 0.184. The molecule has 1 saturated heterocycles. The predicted molar refractivity (Wildman–Crippen MR) is 70.9 cm³/mol. The van der Waals surface area contributed by atoms with Gasteiger partial charge in [0.2, 0.25) is 5.91 Å². The van der Waals surface area contributed by atoms with Gasteiger partial charge in [-0.05, 0) is 25.8 Å². The molecule has 1 aliphatic heterocycles. The normalized spacial score (nSPS) is 18.6. The Morgan fingerprint density at radius 3 is 2.69 bits per heavy atom. The van der Waals surface area contributed by atoms with Crippen molar-refractivity contribution in [2.24, 2.45) is 0 Å². The summed E-state index contributed by atoms with van der Waals surface area (Å²) in [4.78, 5) is 13.9. The number of hydrogen-bond donors (Lipinski definition) is 1. The lowest BCUT2D eigenvalue weighted by atomic mass is 10.0. The molecular formula is C12H23BrN2O. The quantitative estimate of drug-likeness (QED) is 0.761. The van der Waals surface area contributed by atoms with E-state index in [9.17, 15) is 4.79 Å². The van der Waals surface area contributed by atoms with E-state index < -0.39 is 0 Å². The summed E-state index contributed by atoms with van der Waals surface area (Å²) in [5.41, 5.74) is 0. The zero-order chi connectivity index (χ0) is 11.8. The number of unbranched alkanes of at least 4 members (excludes halogenated alkanes) is 1. The fourth-order valence-corrected chi connectivity index (χ4v) is 2.43. The van der Waals surface area contributed by atoms with Crippen LogP contribution in [0.3, 0.4) is 0 Å². The summed E-state index contributed by atoms with van der Waals surface area (Å²) < 4.78 is 0. The van der Waals surface area contributed by atoms with Gasteiger partial charge in [0.1, 0.15) is 0 Å². The molecule has 0 aromatic heterocycles. The Morgan fingerprint density at radius 1 is 1.44 bits per heavy atom. The summed E-state index contributed by atoms with van der Waals surface area (Å²) in [5.74, 6) is 0.184. The van der Waals surface area contributed by atoms with Gasteiger partial charge in [0.05, 0.1) is 0 Å². The molecule has 1 heterocycles. The molecule has 0 saturated carbocycles. The highest BCUT2D eigenvalue weighted by Crippen LogP contribution is 2.11. The third-order valence-corrected chi connectivity index (χ3v) is 3.50. The Labute approximate surface area is 107 Å². The summed E-state index contributed by atoms with van der Waals surface area (Å²) in [6, 6.07) is 0.407. The van der Waals surface area contributed by atoms with Gasteiger partial charge in [-0.15, -0.1) is 0 Å². The minimum Gasteiger partial charge on any atom is -0.353 e. The molecule has 0 aromatic rings. The van der Waals surface area contributed by atoms with E-state index in [0.717, 1.165) is 31.3 Å². The number of rotatable bonds is 6. The molecular weight excluding hydrogens is 268 g/mol. The highest BCUT2D eigenvalue weighted by molar-refractivity contribution is 9.09. The Morgan fingerprint density at radius 2 is 2.12 bits per heavy atom. The van der Waals surface area contributed by atoms with Gasteiger partial charge in [-0.3, -0.25) is 4.79 Å². The maximum absolute atomic E-state index is 11.4. The van der Waals surface area contributed by atoms with Crippen molar-refractivity contribution in [1.29, 1.82) is 0 Å². The molecule has 0 aliphatic carbocycles. The molecule has 0 bridgehead atoms. The second-order valence-corrected chi connectivity index (χ2v) is 5.27. The average Bonchev–Trinajstić information content (AvgIpc) is 2.28. The van der Waals surface area contributed by atoms with Gasteiger partial charge in [0, 0.05) is 30.9 Å². The number of alkyl halides is 1. The van der Waals surface area contributed by atoms with Crippen molar-refractivity contribution in [2.45, 2.75) is 45.1 Å². The number of likely N-dealkylation sites (tertiary alicyclic amines) is 1. The SMILES string of the molecule is CCCCN1CCC(NC(=O)CCBr)CC1. The summed E-state index contributed by atoms with van der Waals surface area (Å²) in [6.07, 6.45) is 5.37. The Kier molecular flexibility index (Phi) is 7.05. The van der Waals surface area contributed by atoms with Crippen molar-refractivity contribution in [3.63, 3.8) is 0 Å². The summed E-state index contributed by atoms with van der Waals surface area (Å²) >= 11 is 3.28. The van der Waals surface area contributed by atoms with Gasteiger partial charge < -0.3 is 10.2 Å². The van der Waals surface area contributed by atoms with Gasteiger partial charge in [0.15, 0.2) is 0 Å². The number of nitrogens with one attached hydrogen (secondary N) is 1. The zero-order valence-electron chi connectivity index (χ0n) is 10.2. The number of halogens is 1. The topological polar surface area (TPSA) is 32.3 Å². The maximum atomic E-state index is 11.4. The standard InChI is InChI=1S/C12H23BrN2O/c1-2-3-8-15-9-5-11(6-10-15)14-12(16)4-7-13/h11H,2-10H2,1H3,(H,14,16). The molecule has 1 amide bonds. The van der Waals surface area contributed by atoms with Crippen LogP contribution in [0.2, 0.25) is 0 Å². The van der Waals surface area contributed by atoms with E-state index in [4.69, 9.17) is 0 Å². The number of carbonyl (C=O) groups excluding carboxylic acids is 1. The Balaban J connectivity index is 2.14. The largest absolute Gasteiger partial charge is 0.353 e. The van der Waals surface area contributed by atoms with Crippen LogP contribution in [0.5, 0.6) is 0 Å². The lowest BCUT2D eigenvalue weighted by Crippen LogP contribution is -2.44. The van der Waals surface area contributed by atoms with Crippen molar-refractivity contribution in [3.8, 4) is 0 Å². The molecule has 0 radical (unpaired) electrons. The zero-order valence-corrected chi connectivity index (χ0v) is 11.8. The molecule has 1 fully saturated rings. The van der Waals surface area contributed by atoms with Crippen molar-refractivity contribution >= 4 is 21.8 Å². The maximum Gasteiger partial charge on any atom is 0.221 e. The average molecular weight is 291 g/mol. The molecule has 16 heavy (non-hydrogen) atoms. The van der Waals surface area contributed by atoms with Crippen LogP contribution in [0.4, 0.5) is 0 Å². The third kappa shape index (κ3) is 5.30. The van der Waals surface area contributed by atoms with Crippen LogP contribution in [0.1, 0.15) is 39.0 Å². The summed E-state index contributed by atoms with van der Waals surface area (Å²) in [5, 5.41) is 3.86. The fourth-order valence-electron chi connectivity index (χ4n) is 2.07. The van der Waals surface area contributed by atoms with Crippen molar-refractivity contribution < 1.29 is 4.79 Å². The van der Waals surface area contributed by atoms with Crippen LogP contribution in [0, 0.1) is 0 Å². The second kappa shape index (κ2) is 8.07. The van der Waals surface area contributed by atoms with Crippen molar-refractivity contribution in [1.82, 2.24) is 10.2 Å². The second-order valence-electron chi connectivity index (χ2n) is 4.48. The van der Waals surface area contributed by atoms with Crippen molar-refractivity contribution in [2.75, 3.05) is 25.0 Å². The number of hydrogen-bond acceptors (Lipinski definition) is 2. The molecule has 4 heteroatoms. The molecule has 1 aliphatic rings. The van der Waals surface area contributed by atoms with E-state index in [1.807, 2.05) is 0 Å². The first-order valence-electron chi connectivity index (χ1n) is 6.34. The molecule has 0 spiro atoms. The number of nitrogens with zero attached hydrogens (tertiary/aromatic N) is 1. The van der Waals surface area contributed by atoms with Crippen LogP contribution in [-0.4, -0.2) is 41.8 Å². The van der Waals surface area contributed by atoms with Crippen LogP contribution in [-0.2, 0) is 4.79 Å². The van der Waals surface area contributed by atoms with Crippen molar-refractivity contribution in [3.05, 3.63) is 0 Å². The van der Waals surface area contributed by atoms with E-state index in [2.05, 4.69) is 33.1 Å². The van der Waals surface area contributed by atoms with E-state index in [-0.39, 0.29) is 5.91 Å². The van der Waals surface area contributed by atoms with Crippen LogP contribution < -0.4 is 5.32 Å². The van der Waals surface area contributed by atoms with E-state index >= 15 is 0 Å². The first kappa shape index (κ1) is 14.0. The number of piperidine rings is 1. The minimum absolute atomic E-state index is 0.184. The van der Waals surface area contributed by atoms with Gasteiger partial charge in [-0.2, -0.15) is 0 Å². The highest BCUT2D eigenvalue weighted by Gasteiger charge is 2.19. The Hall–Kier alpha value is -0.0900. The van der Waals surface area contributed by atoms with E-state index in [1.54, 1.807) is 0 Å². The number of carbonyl (C=O) groups is 1. The predicted octanol–water partition coefficient (Wildman–Crippen LogP) is 2.15. The third-order valence-electron chi connectivity index (χ3n) is 3.10. The molecule has 0 unspecified atom stereocenters. The fraction of sp³-hybridized carbons (Fsp3) is 0.917. The molecule has 94 valence electrons. The van der Waals surface area contributed by atoms with E-state index in [0.29, 0.717) is 12.5 Å². The van der Waals surface area contributed by atoms with Gasteiger partial charge >= 0.3 is 0 Å². The van der Waals surface area contributed by atoms with E-state index in [1.165, 1.54) is 19.4 Å². The van der Waals surface area contributed by atoms with Crippen LogP contribution in [0.25, 0.3) is 0 Å². The first-order valence-corrected chi connectivity index (χ1v) is 7.46. The lowest BCUT2D eigenvalue weighted by Gasteiger charge is -2.32. The summed E-state index contributed by atoms with van der Waals surface area (Å²) in [7, 11) is 0. The molecule has 1 N–H and O–H groups in total. The first-order chi connectivity index (χ1) is 7.76. The van der Waals surface area contributed by atoms with Gasteiger partial charge in [-0.25, -0.2) is 0 Å². The number of amides is 1. The molecule has 0 atom stereocenters. The van der Waals surface area contributed by atoms with Crippen LogP contribution in [0.15, 0.2) is 0 Å². The lowest BCUT2D eigenvalue weighted by molar-refractivity contribution is -0.121. The van der Waals surface area contributed by atoms with Gasteiger partial charge in [0.25, 0.3) is 0 Å². The smallest absolute Gasteiger partial charge is 0.221 e. The molecule has 0 aromatic carbocycles. The Bertz CT molecular complexity index is 203. The van der Waals surface area contributed by atoms with Crippen LogP contribution >= 0.6 is 15.9 Å². The summed E-state index contributed by atoms with van der Waals surface area (Å²) in [6.45, 7) is 5.73. The molecule has 1 rings (SSSR count).